The van der Waals surface area contributed by atoms with E-state index >= 15 is 0 Å². The van der Waals surface area contributed by atoms with Crippen molar-refractivity contribution < 1.29 is 51.0 Å². The Balaban J connectivity index is 1.66. The van der Waals surface area contributed by atoms with Gasteiger partial charge in [-0.3, -0.25) is 23.2 Å². The zero-order valence-electron chi connectivity index (χ0n) is 27.0. The average Bonchev–Trinajstić information content (AvgIpc) is 3.06. The first-order chi connectivity index (χ1) is 22.5. The summed E-state index contributed by atoms with van der Waals surface area (Å²) in [5.74, 6) is -2.50. The number of rotatable bonds is 16. The topological polar surface area (TPSA) is 133 Å². The van der Waals surface area contributed by atoms with E-state index in [0.717, 1.165) is 11.1 Å². The van der Waals surface area contributed by atoms with Crippen LogP contribution in [0, 0.1) is 11.8 Å². The molecule has 3 aromatic rings. The molecular formula is C34H42O11P2. The Morgan fingerprint density at radius 2 is 1.11 bits per heavy atom. The molecule has 0 aromatic heterocycles. The molecule has 0 saturated carbocycles. The summed E-state index contributed by atoms with van der Waals surface area (Å²) in [4.78, 5) is 23.8. The van der Waals surface area contributed by atoms with Crippen LogP contribution < -0.4 is 0 Å². The third-order valence-corrected chi connectivity index (χ3v) is 12.6. The van der Waals surface area contributed by atoms with Crippen LogP contribution in [-0.2, 0) is 70.8 Å². The van der Waals surface area contributed by atoms with E-state index < -0.39 is 51.5 Å². The molecule has 1 saturated heterocycles. The molecule has 1 aliphatic heterocycles. The van der Waals surface area contributed by atoms with Crippen LogP contribution in [0.4, 0.5) is 0 Å². The van der Waals surface area contributed by atoms with E-state index in [-0.39, 0.29) is 38.3 Å². The molecule has 47 heavy (non-hydrogen) atoms. The molecule has 1 heterocycles. The average molecular weight is 689 g/mol. The first-order valence-corrected chi connectivity index (χ1v) is 18.8. The highest BCUT2D eigenvalue weighted by atomic mass is 31.2. The molecule has 0 aliphatic carbocycles. The summed E-state index contributed by atoms with van der Waals surface area (Å²) in [6, 6.07) is 27.1. The van der Waals surface area contributed by atoms with Crippen molar-refractivity contribution in [2.45, 2.75) is 66.0 Å². The highest BCUT2D eigenvalue weighted by Gasteiger charge is 2.49. The van der Waals surface area contributed by atoms with E-state index in [9.17, 15) is 18.7 Å². The van der Waals surface area contributed by atoms with Crippen LogP contribution >= 0.6 is 15.2 Å². The summed E-state index contributed by atoms with van der Waals surface area (Å²) in [7, 11) is -8.67. The van der Waals surface area contributed by atoms with Gasteiger partial charge in [0.1, 0.15) is 6.61 Å². The number of benzene rings is 3. The maximum atomic E-state index is 14.8. The van der Waals surface area contributed by atoms with Gasteiger partial charge in [-0.25, -0.2) is 0 Å². The van der Waals surface area contributed by atoms with Gasteiger partial charge in [-0.15, -0.1) is 0 Å². The molecule has 1 aliphatic rings. The van der Waals surface area contributed by atoms with Gasteiger partial charge in [-0.05, 0) is 22.6 Å². The van der Waals surface area contributed by atoms with Crippen LogP contribution in [0.1, 0.15) is 44.4 Å². The van der Waals surface area contributed by atoms with Gasteiger partial charge in [-0.2, -0.15) is 0 Å². The van der Waals surface area contributed by atoms with E-state index in [4.69, 9.17) is 32.3 Å². The molecule has 6 atom stereocenters. The lowest BCUT2D eigenvalue weighted by Gasteiger charge is -2.44. The van der Waals surface area contributed by atoms with E-state index in [1.54, 1.807) is 48.5 Å². The molecule has 0 spiro atoms. The van der Waals surface area contributed by atoms with Crippen LogP contribution in [0.5, 0.6) is 0 Å². The second-order valence-electron chi connectivity index (χ2n) is 11.4. The van der Waals surface area contributed by atoms with Crippen molar-refractivity contribution >= 4 is 27.1 Å². The van der Waals surface area contributed by atoms with Crippen LogP contribution in [0.25, 0.3) is 0 Å². The maximum absolute atomic E-state index is 14.8. The third kappa shape index (κ3) is 11.5. The number of hydrogen-bond donors (Lipinski definition) is 0. The van der Waals surface area contributed by atoms with Gasteiger partial charge in [0.25, 0.3) is 0 Å². The third-order valence-electron chi connectivity index (χ3n) is 7.69. The van der Waals surface area contributed by atoms with Crippen molar-refractivity contribution in [2.75, 3.05) is 12.5 Å². The summed E-state index contributed by atoms with van der Waals surface area (Å²) >= 11 is 0. The molecule has 1 fully saturated rings. The van der Waals surface area contributed by atoms with Gasteiger partial charge in [0, 0.05) is 19.8 Å². The summed E-state index contributed by atoms with van der Waals surface area (Å²) in [6.07, 6.45) is -3.13. The Morgan fingerprint density at radius 3 is 1.53 bits per heavy atom. The summed E-state index contributed by atoms with van der Waals surface area (Å²) in [5, 5.41) is 0. The quantitative estimate of drug-likeness (QED) is 0.110. The Bertz CT molecular complexity index is 1470. The van der Waals surface area contributed by atoms with Crippen molar-refractivity contribution in [1.82, 2.24) is 0 Å². The molecule has 11 nitrogen and oxygen atoms in total. The minimum absolute atomic E-state index is 0.0966. The highest BCUT2D eigenvalue weighted by molar-refractivity contribution is 7.71. The van der Waals surface area contributed by atoms with Gasteiger partial charge in [0.05, 0.1) is 25.9 Å². The molecule has 0 N–H and O–H groups in total. The standard InChI is InChI=1S/C34H42O11P2/c1-25-26(2)33(43-28(4)36)34(44-32(25)23-39-27(3)35)45-47(38,42-22-31-18-12-7-13-19-31)24-46(37,40-20-29-14-8-5-9-15-29)41-21-30-16-10-6-11-17-30/h5-19,25-26,32-34H,20-24H2,1-4H3/t25-,26-,32?,33?,34-,47?/m0/s1. The fourth-order valence-electron chi connectivity index (χ4n) is 4.92. The predicted molar refractivity (Wildman–Crippen MR) is 174 cm³/mol. The fraction of sp³-hybridized carbons (Fsp3) is 0.412. The lowest BCUT2D eigenvalue weighted by Crippen LogP contribution is -2.53. The van der Waals surface area contributed by atoms with Gasteiger partial charge in [0.2, 0.25) is 6.29 Å². The van der Waals surface area contributed by atoms with Crippen LogP contribution in [-0.4, -0.2) is 42.9 Å². The Morgan fingerprint density at radius 1 is 0.660 bits per heavy atom. The smallest absolute Gasteiger partial charge is 0.345 e. The predicted octanol–water partition coefficient (Wildman–Crippen LogP) is 7.49. The van der Waals surface area contributed by atoms with Crippen LogP contribution in [0.15, 0.2) is 91.0 Å². The van der Waals surface area contributed by atoms with Crippen LogP contribution in [0.3, 0.4) is 0 Å². The number of hydrogen-bond acceptors (Lipinski definition) is 11. The zero-order valence-corrected chi connectivity index (χ0v) is 28.8. The first-order valence-electron chi connectivity index (χ1n) is 15.3. The highest BCUT2D eigenvalue weighted by Crippen LogP contribution is 2.66. The molecule has 0 radical (unpaired) electrons. The Hall–Kier alpha value is -3.14. The van der Waals surface area contributed by atoms with Crippen LogP contribution in [0.2, 0.25) is 0 Å². The minimum atomic E-state index is -4.45. The SMILES string of the molecule is CC(=O)OCC1O[C@@H](OP(=O)(CP(=O)(OCc2ccccc2)OCc2ccccc2)OCc2ccccc2)C(OC(C)=O)[C@@H](C)[C@@H]1C. The molecule has 254 valence electrons. The normalized spacial score (nSPS) is 22.6. The van der Waals surface area contributed by atoms with Crippen molar-refractivity contribution in [3.63, 3.8) is 0 Å². The Labute approximate surface area is 275 Å². The Kier molecular flexibility index (Phi) is 13.5. The maximum Gasteiger partial charge on any atom is 0.345 e. The second kappa shape index (κ2) is 17.3. The zero-order chi connectivity index (χ0) is 33.9. The lowest BCUT2D eigenvalue weighted by atomic mass is 9.83. The molecule has 0 bridgehead atoms. The van der Waals surface area contributed by atoms with E-state index in [1.165, 1.54) is 13.8 Å². The second-order valence-corrected chi connectivity index (χ2v) is 15.9. The van der Waals surface area contributed by atoms with Gasteiger partial charge in [-0.1, -0.05) is 105 Å². The summed E-state index contributed by atoms with van der Waals surface area (Å²) in [5.41, 5.74) is 2.12. The van der Waals surface area contributed by atoms with Crippen molar-refractivity contribution in [3.05, 3.63) is 108 Å². The largest absolute Gasteiger partial charge is 0.463 e. The lowest BCUT2D eigenvalue weighted by molar-refractivity contribution is -0.255. The molecule has 13 heteroatoms. The van der Waals surface area contributed by atoms with Crippen molar-refractivity contribution in [2.24, 2.45) is 11.8 Å². The number of carbonyl (C=O) groups excluding carboxylic acids is 2. The molecule has 3 unspecified atom stereocenters. The molecular weight excluding hydrogens is 646 g/mol. The molecule has 3 aromatic carbocycles. The summed E-state index contributed by atoms with van der Waals surface area (Å²) < 4.78 is 70.2. The molecule has 4 rings (SSSR count). The van der Waals surface area contributed by atoms with E-state index in [0.29, 0.717) is 5.56 Å². The number of ether oxygens (including phenoxy) is 3. The van der Waals surface area contributed by atoms with Crippen molar-refractivity contribution in [1.29, 1.82) is 0 Å². The minimum Gasteiger partial charge on any atom is -0.463 e. The number of esters is 2. The summed E-state index contributed by atoms with van der Waals surface area (Å²) in [6.45, 7) is 5.74. The monoisotopic (exact) mass is 688 g/mol. The first kappa shape index (κ1) is 36.7. The van der Waals surface area contributed by atoms with Gasteiger partial charge >= 0.3 is 27.1 Å². The van der Waals surface area contributed by atoms with Gasteiger partial charge in [0.15, 0.2) is 12.0 Å². The van der Waals surface area contributed by atoms with Crippen molar-refractivity contribution in [3.8, 4) is 0 Å². The van der Waals surface area contributed by atoms with E-state index in [2.05, 4.69) is 0 Å². The molecule has 0 amide bonds. The van der Waals surface area contributed by atoms with E-state index in [1.807, 2.05) is 56.3 Å². The number of carbonyl (C=O) groups is 2. The fourth-order valence-corrected chi connectivity index (χ4v) is 9.53. The van der Waals surface area contributed by atoms with Gasteiger partial charge < -0.3 is 27.8 Å².